The number of nitrogens with zero attached hydrogens (tertiary/aromatic N) is 3. The predicted molar refractivity (Wildman–Crippen MR) is 130 cm³/mol. The second-order valence-electron chi connectivity index (χ2n) is 7.13. The number of rotatable bonds is 8. The van der Waals surface area contributed by atoms with Gasteiger partial charge in [-0.05, 0) is 61.9 Å². The minimum absolute atomic E-state index is 0.0719. The van der Waals surface area contributed by atoms with Crippen molar-refractivity contribution in [1.82, 2.24) is 0 Å². The van der Waals surface area contributed by atoms with Gasteiger partial charge in [0.2, 0.25) is 0 Å². The molecule has 0 aromatic heterocycles. The van der Waals surface area contributed by atoms with Crippen LogP contribution in [0.3, 0.4) is 0 Å². The molecule has 0 aliphatic heterocycles. The van der Waals surface area contributed by atoms with Gasteiger partial charge in [0.05, 0.1) is 21.3 Å². The first-order chi connectivity index (χ1) is 16.1. The van der Waals surface area contributed by atoms with Crippen LogP contribution in [0, 0.1) is 6.92 Å². The minimum atomic E-state index is -5.01. The summed E-state index contributed by atoms with van der Waals surface area (Å²) in [5.74, 6) is -0.414. The lowest BCUT2D eigenvalue weighted by molar-refractivity contribution is 0.0505. The number of esters is 1. The molecule has 0 spiro atoms. The van der Waals surface area contributed by atoms with Gasteiger partial charge in [-0.1, -0.05) is 41.4 Å². The molecule has 0 amide bonds. The van der Waals surface area contributed by atoms with E-state index in [4.69, 9.17) is 27.9 Å². The van der Waals surface area contributed by atoms with Gasteiger partial charge in [-0.25, -0.2) is 4.79 Å². The van der Waals surface area contributed by atoms with Crippen LogP contribution >= 0.6 is 23.2 Å². The summed E-state index contributed by atoms with van der Waals surface area (Å²) in [4.78, 5) is 13.4. The maximum Gasteiger partial charge on any atom is 0.339 e. The second-order valence-corrected chi connectivity index (χ2v) is 9.26. The molecule has 0 unspecified atom stereocenters. The van der Waals surface area contributed by atoms with Crippen LogP contribution in [0.2, 0.25) is 10.0 Å². The molecule has 7 nitrogen and oxygen atoms in total. The summed E-state index contributed by atoms with van der Waals surface area (Å²) in [6.45, 7) is 4.43. The van der Waals surface area contributed by atoms with E-state index >= 15 is 0 Å². The monoisotopic (exact) mass is 523 g/mol. The standard InChI is InChI=1S/C23H20Cl2FN3O4S/c1-3-29(14-33-23(30)16-7-5-4-6-8-16)17-9-10-20(15(2)11-17)27-28-21-12-19(25)22(13-18(21)24)34(26,31)32/h4-13H,3,14H2,1-2H3. The number of hydrogen-bond acceptors (Lipinski definition) is 7. The highest BCUT2D eigenvalue weighted by Crippen LogP contribution is 2.36. The Labute approximate surface area is 207 Å². The largest absolute Gasteiger partial charge is 0.441 e. The van der Waals surface area contributed by atoms with Gasteiger partial charge >= 0.3 is 16.2 Å². The number of halogens is 3. The van der Waals surface area contributed by atoms with Gasteiger partial charge in [0, 0.05) is 12.2 Å². The molecule has 3 aromatic carbocycles. The second kappa shape index (κ2) is 10.9. The third kappa shape index (κ3) is 6.31. The van der Waals surface area contributed by atoms with Crippen LogP contribution < -0.4 is 4.90 Å². The first-order valence-electron chi connectivity index (χ1n) is 10.0. The summed E-state index contributed by atoms with van der Waals surface area (Å²) in [5, 5.41) is 7.70. The van der Waals surface area contributed by atoms with Crippen molar-refractivity contribution in [1.29, 1.82) is 0 Å². The molecule has 0 fully saturated rings. The van der Waals surface area contributed by atoms with Crippen molar-refractivity contribution in [2.75, 3.05) is 18.2 Å². The molecular weight excluding hydrogens is 504 g/mol. The van der Waals surface area contributed by atoms with Crippen molar-refractivity contribution < 1.29 is 21.8 Å². The van der Waals surface area contributed by atoms with Gasteiger partial charge < -0.3 is 9.64 Å². The van der Waals surface area contributed by atoms with E-state index in [1.165, 1.54) is 0 Å². The van der Waals surface area contributed by atoms with Gasteiger partial charge in [-0.3, -0.25) is 0 Å². The number of carbonyl (C=O) groups is 1. The number of benzene rings is 3. The van der Waals surface area contributed by atoms with Gasteiger partial charge in [0.1, 0.15) is 10.6 Å². The van der Waals surface area contributed by atoms with Gasteiger partial charge in [0.25, 0.3) is 0 Å². The molecule has 0 heterocycles. The van der Waals surface area contributed by atoms with Crippen molar-refractivity contribution in [3.63, 3.8) is 0 Å². The topological polar surface area (TPSA) is 88.4 Å². The van der Waals surface area contributed by atoms with Crippen LogP contribution in [0.15, 0.2) is 75.8 Å². The number of aryl methyl sites for hydroxylation is 1. The quantitative estimate of drug-likeness (QED) is 0.137. The maximum absolute atomic E-state index is 13.3. The Morgan fingerprint density at radius 3 is 2.29 bits per heavy atom. The highest BCUT2D eigenvalue weighted by atomic mass is 35.5. The Kier molecular flexibility index (Phi) is 8.24. The van der Waals surface area contributed by atoms with Crippen molar-refractivity contribution in [2.24, 2.45) is 10.2 Å². The molecule has 0 saturated heterocycles. The number of hydrogen-bond donors (Lipinski definition) is 0. The molecule has 3 aromatic rings. The third-order valence-corrected chi connectivity index (χ3v) is 6.41. The minimum Gasteiger partial charge on any atom is -0.441 e. The molecule has 0 aliphatic rings. The molecule has 11 heteroatoms. The van der Waals surface area contributed by atoms with Crippen LogP contribution in [0.1, 0.15) is 22.8 Å². The number of carbonyl (C=O) groups excluding carboxylic acids is 1. The van der Waals surface area contributed by atoms with Crippen molar-refractivity contribution in [3.05, 3.63) is 81.8 Å². The van der Waals surface area contributed by atoms with Crippen LogP contribution in [-0.2, 0) is 15.0 Å². The molecule has 0 saturated carbocycles. The summed E-state index contributed by atoms with van der Waals surface area (Å²) in [5.41, 5.74) is 2.68. The summed E-state index contributed by atoms with van der Waals surface area (Å²) in [6.07, 6.45) is 0. The fourth-order valence-corrected chi connectivity index (χ4v) is 4.23. The molecule has 34 heavy (non-hydrogen) atoms. The number of anilines is 1. The summed E-state index contributed by atoms with van der Waals surface area (Å²) >= 11 is 11.9. The zero-order valence-corrected chi connectivity index (χ0v) is 20.5. The maximum atomic E-state index is 13.3. The van der Waals surface area contributed by atoms with E-state index in [1.54, 1.807) is 36.4 Å². The summed E-state index contributed by atoms with van der Waals surface area (Å²) in [6, 6.07) is 16.1. The van der Waals surface area contributed by atoms with E-state index in [-0.39, 0.29) is 22.5 Å². The molecule has 0 bridgehead atoms. The number of azo groups is 1. The summed E-state index contributed by atoms with van der Waals surface area (Å²) < 4.78 is 40.9. The van der Waals surface area contributed by atoms with Gasteiger partial charge in [0.15, 0.2) is 6.73 Å². The van der Waals surface area contributed by atoms with Crippen LogP contribution in [-0.4, -0.2) is 27.7 Å². The van der Waals surface area contributed by atoms with Gasteiger partial charge in [-0.2, -0.15) is 13.5 Å². The fourth-order valence-electron chi connectivity index (χ4n) is 2.98. The van der Waals surface area contributed by atoms with Crippen molar-refractivity contribution in [3.8, 4) is 0 Å². The SMILES string of the molecule is CCN(COC(=O)c1ccccc1)c1ccc(N=Nc2cc(Cl)c(S(=O)(=O)F)cc2Cl)c(C)c1. The normalized spacial score (nSPS) is 11.6. The predicted octanol–water partition coefficient (Wildman–Crippen LogP) is 7.02. The zero-order chi connectivity index (χ0) is 24.9. The van der Waals surface area contributed by atoms with E-state index in [0.717, 1.165) is 23.4 Å². The van der Waals surface area contributed by atoms with Crippen LogP contribution in [0.5, 0.6) is 0 Å². The molecule has 0 atom stereocenters. The van der Waals surface area contributed by atoms with Crippen LogP contribution in [0.25, 0.3) is 0 Å². The van der Waals surface area contributed by atoms with E-state index in [1.807, 2.05) is 30.9 Å². The third-order valence-electron chi connectivity index (χ3n) is 4.82. The summed E-state index contributed by atoms with van der Waals surface area (Å²) in [7, 11) is -5.01. The first kappa shape index (κ1) is 25.6. The molecule has 3 rings (SSSR count). The van der Waals surface area contributed by atoms with Crippen LogP contribution in [0.4, 0.5) is 20.9 Å². The smallest absolute Gasteiger partial charge is 0.339 e. The Balaban J connectivity index is 1.75. The van der Waals surface area contributed by atoms with Gasteiger partial charge in [-0.15, -0.1) is 9.00 Å². The van der Waals surface area contributed by atoms with E-state index in [9.17, 15) is 17.1 Å². The Bertz CT molecular complexity index is 1340. The molecule has 0 N–H and O–H groups in total. The first-order valence-corrected chi connectivity index (χ1v) is 12.2. The molecule has 0 aliphatic carbocycles. The number of ether oxygens (including phenoxy) is 1. The van der Waals surface area contributed by atoms with E-state index < -0.39 is 21.1 Å². The molecule has 0 radical (unpaired) electrons. The lowest BCUT2D eigenvalue weighted by Crippen LogP contribution is -2.27. The Morgan fingerprint density at radius 1 is 1.00 bits per heavy atom. The average molecular weight is 524 g/mol. The molecule has 178 valence electrons. The van der Waals surface area contributed by atoms with E-state index in [2.05, 4.69) is 10.2 Å². The highest BCUT2D eigenvalue weighted by Gasteiger charge is 2.19. The Hall–Kier alpha value is -3.01. The van der Waals surface area contributed by atoms with E-state index in [0.29, 0.717) is 17.8 Å². The average Bonchev–Trinajstić information content (AvgIpc) is 2.80. The molecular formula is C23H20Cl2FN3O4S. The zero-order valence-electron chi connectivity index (χ0n) is 18.2. The lowest BCUT2D eigenvalue weighted by Gasteiger charge is -2.23. The lowest BCUT2D eigenvalue weighted by atomic mass is 10.1. The van der Waals surface area contributed by atoms with Crippen molar-refractivity contribution >= 4 is 56.5 Å². The Morgan fingerprint density at radius 2 is 1.68 bits per heavy atom. The fraction of sp³-hybridized carbons (Fsp3) is 0.174. The van der Waals surface area contributed by atoms with Crippen molar-refractivity contribution in [2.45, 2.75) is 18.7 Å². The highest BCUT2D eigenvalue weighted by molar-refractivity contribution is 7.86.